The zero-order chi connectivity index (χ0) is 19.2. The number of aliphatic carboxylic acids is 1. The van der Waals surface area contributed by atoms with Crippen LogP contribution >= 0.6 is 0 Å². The Morgan fingerprint density at radius 2 is 1.63 bits per heavy atom. The Hall–Kier alpha value is -3.80. The Labute approximate surface area is 155 Å². The minimum atomic E-state index is -0.997. The van der Waals surface area contributed by atoms with Gasteiger partial charge in [-0.05, 0) is 48.0 Å². The van der Waals surface area contributed by atoms with Gasteiger partial charge in [0.15, 0.2) is 0 Å². The van der Waals surface area contributed by atoms with E-state index in [1.54, 1.807) is 36.4 Å². The molecule has 0 aliphatic carbocycles. The number of carboxylic acids is 1. The highest BCUT2D eigenvalue weighted by Crippen LogP contribution is 2.26. The second-order valence-electron chi connectivity index (χ2n) is 5.82. The van der Waals surface area contributed by atoms with Gasteiger partial charge in [-0.1, -0.05) is 30.3 Å². The zero-order valence-corrected chi connectivity index (χ0v) is 14.3. The van der Waals surface area contributed by atoms with Gasteiger partial charge in [0.1, 0.15) is 17.2 Å². The second-order valence-corrected chi connectivity index (χ2v) is 5.82. The molecule has 27 heavy (non-hydrogen) atoms. The summed E-state index contributed by atoms with van der Waals surface area (Å²) in [4.78, 5) is 23.3. The van der Waals surface area contributed by atoms with Crippen LogP contribution in [0.5, 0.6) is 17.2 Å². The first kappa shape index (κ1) is 18.0. The molecule has 0 fully saturated rings. The van der Waals surface area contributed by atoms with E-state index in [-0.39, 0.29) is 17.9 Å². The van der Waals surface area contributed by atoms with E-state index in [9.17, 15) is 14.7 Å². The fraction of sp³-hybridized carbons (Fsp3) is 0.0476. The summed E-state index contributed by atoms with van der Waals surface area (Å²) in [7, 11) is 0. The lowest BCUT2D eigenvalue weighted by molar-refractivity contribution is -0.136. The van der Waals surface area contributed by atoms with E-state index in [0.717, 1.165) is 0 Å². The van der Waals surface area contributed by atoms with Crippen molar-refractivity contribution < 1.29 is 24.5 Å². The molecule has 136 valence electrons. The van der Waals surface area contributed by atoms with Crippen molar-refractivity contribution in [3.63, 3.8) is 0 Å². The van der Waals surface area contributed by atoms with Crippen molar-refractivity contribution in [3.8, 4) is 17.2 Å². The zero-order valence-electron chi connectivity index (χ0n) is 14.3. The lowest BCUT2D eigenvalue weighted by atomic mass is 10.1. The number of carboxylic acid groups (broad SMARTS) is 1. The minimum absolute atomic E-state index is 0.144. The van der Waals surface area contributed by atoms with Crippen LogP contribution in [0, 0.1) is 0 Å². The molecule has 0 saturated heterocycles. The van der Waals surface area contributed by atoms with Gasteiger partial charge in [-0.2, -0.15) is 0 Å². The number of carbonyl (C=O) groups is 2. The second kappa shape index (κ2) is 8.05. The molecule has 0 atom stereocenters. The number of hydrogen-bond acceptors (Lipinski definition) is 4. The van der Waals surface area contributed by atoms with E-state index >= 15 is 0 Å². The minimum Gasteiger partial charge on any atom is -0.506 e. The number of ether oxygens (including phenoxy) is 1. The van der Waals surface area contributed by atoms with Crippen LogP contribution < -0.4 is 10.1 Å². The molecule has 6 nitrogen and oxygen atoms in total. The molecule has 3 aromatic carbocycles. The number of amides is 1. The largest absolute Gasteiger partial charge is 0.506 e. The SMILES string of the molecule is O=C(O)Cc1ccc(O)c(NC(=O)c2cccc(Oc3ccccc3)c2)c1. The van der Waals surface area contributed by atoms with Gasteiger partial charge >= 0.3 is 5.97 Å². The van der Waals surface area contributed by atoms with E-state index in [0.29, 0.717) is 22.6 Å². The number of carbonyl (C=O) groups excluding carboxylic acids is 1. The number of benzene rings is 3. The van der Waals surface area contributed by atoms with Crippen LogP contribution in [0.2, 0.25) is 0 Å². The number of anilines is 1. The van der Waals surface area contributed by atoms with Crippen LogP contribution in [-0.2, 0) is 11.2 Å². The molecule has 1 amide bonds. The number of para-hydroxylation sites is 1. The van der Waals surface area contributed by atoms with Gasteiger partial charge in [-0.15, -0.1) is 0 Å². The highest BCUT2D eigenvalue weighted by molar-refractivity contribution is 6.05. The van der Waals surface area contributed by atoms with Crippen molar-refractivity contribution in [1.82, 2.24) is 0 Å². The number of aromatic hydroxyl groups is 1. The molecule has 3 N–H and O–H groups in total. The summed E-state index contributed by atoms with van der Waals surface area (Å²) in [5.74, 6) is -0.444. The maximum absolute atomic E-state index is 12.5. The summed E-state index contributed by atoms with van der Waals surface area (Å²) in [6.45, 7) is 0. The lowest BCUT2D eigenvalue weighted by Crippen LogP contribution is -2.12. The maximum atomic E-state index is 12.5. The molecule has 6 heteroatoms. The molecule has 0 bridgehead atoms. The molecule has 0 radical (unpaired) electrons. The molecule has 0 saturated carbocycles. The topological polar surface area (TPSA) is 95.9 Å². The van der Waals surface area contributed by atoms with Crippen molar-refractivity contribution in [3.05, 3.63) is 83.9 Å². The molecule has 0 unspecified atom stereocenters. The Bertz CT molecular complexity index is 969. The van der Waals surface area contributed by atoms with Crippen molar-refractivity contribution in [2.45, 2.75) is 6.42 Å². The van der Waals surface area contributed by atoms with Crippen LogP contribution in [-0.4, -0.2) is 22.1 Å². The summed E-state index contributed by atoms with van der Waals surface area (Å²) >= 11 is 0. The van der Waals surface area contributed by atoms with Crippen LogP contribution in [0.4, 0.5) is 5.69 Å². The van der Waals surface area contributed by atoms with E-state index in [4.69, 9.17) is 9.84 Å². The molecule has 0 aromatic heterocycles. The number of phenols is 1. The number of phenolic OH excluding ortho intramolecular Hbond substituents is 1. The van der Waals surface area contributed by atoms with Gasteiger partial charge in [-0.3, -0.25) is 9.59 Å². The predicted octanol–water partition coefficient (Wildman–Crippen LogP) is 4.06. The number of nitrogens with one attached hydrogen (secondary N) is 1. The summed E-state index contributed by atoms with van der Waals surface area (Å²) in [6, 6.07) is 20.1. The third kappa shape index (κ3) is 4.85. The predicted molar refractivity (Wildman–Crippen MR) is 100 cm³/mol. The van der Waals surface area contributed by atoms with Gasteiger partial charge in [0.2, 0.25) is 0 Å². The van der Waals surface area contributed by atoms with Crippen molar-refractivity contribution in [1.29, 1.82) is 0 Å². The van der Waals surface area contributed by atoms with Crippen molar-refractivity contribution in [2.75, 3.05) is 5.32 Å². The first-order valence-corrected chi connectivity index (χ1v) is 8.19. The van der Waals surface area contributed by atoms with E-state index in [1.807, 2.05) is 18.2 Å². The maximum Gasteiger partial charge on any atom is 0.307 e. The van der Waals surface area contributed by atoms with Crippen molar-refractivity contribution in [2.24, 2.45) is 0 Å². The Morgan fingerprint density at radius 3 is 2.37 bits per heavy atom. The molecule has 0 spiro atoms. The van der Waals surface area contributed by atoms with Crippen LogP contribution in [0.3, 0.4) is 0 Å². The smallest absolute Gasteiger partial charge is 0.307 e. The highest BCUT2D eigenvalue weighted by atomic mass is 16.5. The average Bonchev–Trinajstić information content (AvgIpc) is 2.65. The van der Waals surface area contributed by atoms with E-state index < -0.39 is 11.9 Å². The molecule has 0 aliphatic heterocycles. The third-order valence-electron chi connectivity index (χ3n) is 3.74. The Kier molecular flexibility index (Phi) is 5.37. The fourth-order valence-corrected chi connectivity index (χ4v) is 2.49. The van der Waals surface area contributed by atoms with Crippen molar-refractivity contribution >= 4 is 17.6 Å². The fourth-order valence-electron chi connectivity index (χ4n) is 2.49. The summed E-state index contributed by atoms with van der Waals surface area (Å²) in [5.41, 5.74) is 0.955. The summed E-state index contributed by atoms with van der Waals surface area (Å²) < 4.78 is 5.71. The molecule has 3 aromatic rings. The van der Waals surface area contributed by atoms with E-state index in [2.05, 4.69) is 5.32 Å². The first-order valence-electron chi connectivity index (χ1n) is 8.19. The van der Waals surface area contributed by atoms with Gasteiger partial charge in [0, 0.05) is 5.56 Å². The Morgan fingerprint density at radius 1 is 0.889 bits per heavy atom. The van der Waals surface area contributed by atoms with Gasteiger partial charge < -0.3 is 20.3 Å². The molecular weight excluding hydrogens is 346 g/mol. The standard InChI is InChI=1S/C21H17NO5/c23-19-10-9-14(12-20(24)25)11-18(19)22-21(26)15-5-4-8-17(13-15)27-16-6-2-1-3-7-16/h1-11,13,23H,12H2,(H,22,26)(H,24,25). The normalized spacial score (nSPS) is 10.2. The average molecular weight is 363 g/mol. The van der Waals surface area contributed by atoms with Gasteiger partial charge in [0.05, 0.1) is 12.1 Å². The number of rotatable bonds is 6. The summed E-state index contributed by atoms with van der Waals surface area (Å²) in [5, 5.41) is 21.4. The van der Waals surface area contributed by atoms with Gasteiger partial charge in [-0.25, -0.2) is 0 Å². The van der Waals surface area contributed by atoms with Crippen LogP contribution in [0.15, 0.2) is 72.8 Å². The third-order valence-corrected chi connectivity index (χ3v) is 3.74. The Balaban J connectivity index is 1.76. The molecular formula is C21H17NO5. The quantitative estimate of drug-likeness (QED) is 0.574. The monoisotopic (exact) mass is 363 g/mol. The highest BCUT2D eigenvalue weighted by Gasteiger charge is 2.12. The van der Waals surface area contributed by atoms with E-state index in [1.165, 1.54) is 18.2 Å². The first-order chi connectivity index (χ1) is 13.0. The molecule has 0 aliphatic rings. The van der Waals surface area contributed by atoms with Gasteiger partial charge in [0.25, 0.3) is 5.91 Å². The number of hydrogen-bond donors (Lipinski definition) is 3. The molecule has 0 heterocycles. The van der Waals surface area contributed by atoms with Crippen LogP contribution in [0.25, 0.3) is 0 Å². The molecule has 3 rings (SSSR count). The lowest BCUT2D eigenvalue weighted by Gasteiger charge is -2.10. The van der Waals surface area contributed by atoms with Crippen LogP contribution in [0.1, 0.15) is 15.9 Å². The summed E-state index contributed by atoms with van der Waals surface area (Å²) in [6.07, 6.45) is -0.205.